The molecule has 0 amide bonds. The van der Waals surface area contributed by atoms with Gasteiger partial charge in [-0.3, -0.25) is 10.1 Å². The number of aromatic nitrogens is 5. The van der Waals surface area contributed by atoms with Gasteiger partial charge in [0.05, 0.1) is 41.1 Å². The fourth-order valence-corrected chi connectivity index (χ4v) is 4.35. The molecule has 0 spiro atoms. The number of rotatable bonds is 7. The van der Waals surface area contributed by atoms with Crippen molar-refractivity contribution in [1.82, 2.24) is 30.0 Å². The molecule has 0 aliphatic rings. The first-order chi connectivity index (χ1) is 17.4. The zero-order valence-corrected chi connectivity index (χ0v) is 20.8. The first-order valence-corrected chi connectivity index (χ1v) is 11.7. The predicted octanol–water partition coefficient (Wildman–Crippen LogP) is 5.52. The molecular weight excluding hydrogens is 450 g/mol. The number of H-pyrrole nitrogens is 2. The standard InChI is InChI=1S/C28H29N7O/c1-17(2)9-18(15-35(3)4)10-20(12-29)23-5-6-24-27(32-23)28(34-33-24)25-11-21-22(19-7-8-36-16-19)13-30-14-26(21)31-25/h5-14,16,31H,15,29H2,1-4H3,(H,33,34)/b18-10+,20-12+. The van der Waals surface area contributed by atoms with Gasteiger partial charge in [0.25, 0.3) is 0 Å². The molecule has 0 aromatic carbocycles. The lowest BCUT2D eigenvalue weighted by Crippen LogP contribution is -2.14. The van der Waals surface area contributed by atoms with Gasteiger partial charge in [-0.25, -0.2) is 4.98 Å². The van der Waals surface area contributed by atoms with Crippen LogP contribution < -0.4 is 5.73 Å². The number of allylic oxidation sites excluding steroid dienone is 3. The van der Waals surface area contributed by atoms with Gasteiger partial charge in [-0.1, -0.05) is 11.6 Å². The van der Waals surface area contributed by atoms with E-state index in [1.54, 1.807) is 18.7 Å². The lowest BCUT2D eigenvalue weighted by Gasteiger charge is -2.12. The Bertz CT molecular complexity index is 1610. The molecule has 0 unspecified atom stereocenters. The Labute approximate surface area is 209 Å². The summed E-state index contributed by atoms with van der Waals surface area (Å²) in [6.07, 6.45) is 12.9. The first-order valence-electron chi connectivity index (χ1n) is 11.7. The molecule has 0 saturated heterocycles. The molecule has 5 rings (SSSR count). The van der Waals surface area contributed by atoms with Crippen LogP contribution in [-0.2, 0) is 0 Å². The third kappa shape index (κ3) is 4.58. The van der Waals surface area contributed by atoms with Crippen LogP contribution in [0.2, 0.25) is 0 Å². The third-order valence-electron chi connectivity index (χ3n) is 5.83. The first kappa shape index (κ1) is 23.3. The van der Waals surface area contributed by atoms with E-state index in [1.807, 2.05) is 44.7 Å². The maximum atomic E-state index is 6.07. The summed E-state index contributed by atoms with van der Waals surface area (Å²) in [4.78, 5) is 14.9. The summed E-state index contributed by atoms with van der Waals surface area (Å²) in [6, 6.07) is 7.95. The molecule has 4 N–H and O–H groups in total. The quantitative estimate of drug-likeness (QED) is 0.265. The Hall–Kier alpha value is -4.43. The van der Waals surface area contributed by atoms with E-state index >= 15 is 0 Å². The third-order valence-corrected chi connectivity index (χ3v) is 5.83. The Morgan fingerprint density at radius 3 is 2.69 bits per heavy atom. The predicted molar refractivity (Wildman–Crippen MR) is 145 cm³/mol. The van der Waals surface area contributed by atoms with Crippen LogP contribution in [-0.4, -0.2) is 50.7 Å². The van der Waals surface area contributed by atoms with E-state index in [4.69, 9.17) is 15.1 Å². The van der Waals surface area contributed by atoms with Crippen molar-refractivity contribution in [3.63, 3.8) is 0 Å². The Kier molecular flexibility index (Phi) is 6.26. The topological polar surface area (TPSA) is 113 Å². The second-order valence-electron chi connectivity index (χ2n) is 9.31. The highest BCUT2D eigenvalue weighted by atomic mass is 16.3. The molecule has 36 heavy (non-hydrogen) atoms. The van der Waals surface area contributed by atoms with Gasteiger partial charge in [-0.05, 0) is 63.9 Å². The van der Waals surface area contributed by atoms with Gasteiger partial charge in [-0.2, -0.15) is 5.10 Å². The van der Waals surface area contributed by atoms with E-state index in [2.05, 4.69) is 57.1 Å². The molecule has 0 bridgehead atoms. The van der Waals surface area contributed by atoms with Crippen LogP contribution >= 0.6 is 0 Å². The van der Waals surface area contributed by atoms with E-state index < -0.39 is 0 Å². The maximum absolute atomic E-state index is 6.07. The van der Waals surface area contributed by atoms with Crippen molar-refractivity contribution < 1.29 is 4.42 Å². The molecule has 8 heteroatoms. The van der Waals surface area contributed by atoms with Crippen molar-refractivity contribution in [3.05, 3.63) is 84.4 Å². The lowest BCUT2D eigenvalue weighted by molar-refractivity contribution is 0.449. The number of aromatic amines is 2. The van der Waals surface area contributed by atoms with Crippen LogP contribution in [0.5, 0.6) is 0 Å². The fourth-order valence-electron chi connectivity index (χ4n) is 4.35. The van der Waals surface area contributed by atoms with Crippen LogP contribution in [0.3, 0.4) is 0 Å². The van der Waals surface area contributed by atoms with Gasteiger partial charge in [0, 0.05) is 41.0 Å². The fraction of sp³-hybridized carbons (Fsp3) is 0.179. The van der Waals surface area contributed by atoms with E-state index in [0.717, 1.165) is 67.8 Å². The number of hydrogen-bond donors (Lipinski definition) is 3. The maximum Gasteiger partial charge on any atom is 0.135 e. The monoisotopic (exact) mass is 479 g/mol. The van der Waals surface area contributed by atoms with Crippen LogP contribution in [0.25, 0.3) is 50.0 Å². The number of fused-ring (bicyclic) bond motifs is 2. The number of nitrogens with one attached hydrogen (secondary N) is 2. The van der Waals surface area contributed by atoms with Crippen molar-refractivity contribution >= 4 is 27.5 Å². The molecule has 5 heterocycles. The number of furan rings is 1. The van der Waals surface area contributed by atoms with E-state index in [0.29, 0.717) is 0 Å². The second-order valence-corrected chi connectivity index (χ2v) is 9.31. The summed E-state index contributed by atoms with van der Waals surface area (Å²) in [5.74, 6) is 0. The van der Waals surface area contributed by atoms with E-state index in [1.165, 1.54) is 5.57 Å². The molecule has 182 valence electrons. The van der Waals surface area contributed by atoms with Gasteiger partial charge >= 0.3 is 0 Å². The van der Waals surface area contributed by atoms with Crippen LogP contribution in [0.4, 0.5) is 0 Å². The molecule has 0 radical (unpaired) electrons. The molecule has 0 saturated carbocycles. The lowest BCUT2D eigenvalue weighted by atomic mass is 10.1. The number of nitrogens with two attached hydrogens (primary N) is 1. The normalized spacial score (nSPS) is 12.7. The molecule has 8 nitrogen and oxygen atoms in total. The number of pyridine rings is 2. The molecule has 5 aromatic rings. The highest BCUT2D eigenvalue weighted by Crippen LogP contribution is 2.33. The Morgan fingerprint density at radius 2 is 1.97 bits per heavy atom. The Balaban J connectivity index is 1.58. The largest absolute Gasteiger partial charge is 0.472 e. The van der Waals surface area contributed by atoms with Crippen molar-refractivity contribution in [1.29, 1.82) is 0 Å². The van der Waals surface area contributed by atoms with Gasteiger partial charge in [0.1, 0.15) is 11.2 Å². The van der Waals surface area contributed by atoms with Gasteiger partial charge in [0.15, 0.2) is 0 Å². The summed E-state index contributed by atoms with van der Waals surface area (Å²) >= 11 is 0. The van der Waals surface area contributed by atoms with Crippen LogP contribution in [0.15, 0.2) is 83.1 Å². The molecular formula is C28H29N7O. The summed E-state index contributed by atoms with van der Waals surface area (Å²) in [6.45, 7) is 4.97. The van der Waals surface area contributed by atoms with Gasteiger partial charge in [-0.15, -0.1) is 0 Å². The van der Waals surface area contributed by atoms with Gasteiger partial charge < -0.3 is 20.0 Å². The van der Waals surface area contributed by atoms with E-state index in [-0.39, 0.29) is 0 Å². The smallest absolute Gasteiger partial charge is 0.135 e. The highest BCUT2D eigenvalue weighted by molar-refractivity contribution is 5.99. The van der Waals surface area contributed by atoms with Crippen LogP contribution in [0.1, 0.15) is 19.5 Å². The molecule has 0 atom stereocenters. The van der Waals surface area contributed by atoms with Gasteiger partial charge in [0.2, 0.25) is 0 Å². The zero-order chi connectivity index (χ0) is 25.2. The molecule has 5 aromatic heterocycles. The van der Waals surface area contributed by atoms with Crippen LogP contribution in [0, 0.1) is 0 Å². The minimum atomic E-state index is 0.736. The molecule has 0 aliphatic carbocycles. The SMILES string of the molecule is CC(C)=C/C(=C\C(=C/N)c1ccc2[nH]nc(-c3cc4c(-c5ccoc5)cncc4[nH]3)c2n1)CN(C)C. The zero-order valence-electron chi connectivity index (χ0n) is 20.8. The summed E-state index contributed by atoms with van der Waals surface area (Å²) in [5.41, 5.74) is 16.2. The summed E-state index contributed by atoms with van der Waals surface area (Å²) in [7, 11) is 4.10. The minimum Gasteiger partial charge on any atom is -0.472 e. The van der Waals surface area contributed by atoms with Crippen molar-refractivity contribution in [2.24, 2.45) is 5.73 Å². The van der Waals surface area contributed by atoms with Crippen molar-refractivity contribution in [3.8, 4) is 22.5 Å². The molecule has 0 fully saturated rings. The average molecular weight is 480 g/mol. The Morgan fingerprint density at radius 1 is 1.11 bits per heavy atom. The average Bonchev–Trinajstić information content (AvgIpc) is 3.60. The van der Waals surface area contributed by atoms with Crippen molar-refractivity contribution in [2.45, 2.75) is 13.8 Å². The van der Waals surface area contributed by atoms with E-state index in [9.17, 15) is 0 Å². The number of nitrogens with zero attached hydrogens (tertiary/aromatic N) is 4. The second kappa shape index (κ2) is 9.67. The van der Waals surface area contributed by atoms with Crippen molar-refractivity contribution in [2.75, 3.05) is 20.6 Å². The number of hydrogen-bond acceptors (Lipinski definition) is 6. The molecule has 0 aliphatic heterocycles. The summed E-state index contributed by atoms with van der Waals surface area (Å²) < 4.78 is 5.28. The highest BCUT2D eigenvalue weighted by Gasteiger charge is 2.16. The minimum absolute atomic E-state index is 0.736. The number of likely N-dealkylation sites (N-methyl/N-ethyl adjacent to an activating group) is 1. The summed E-state index contributed by atoms with van der Waals surface area (Å²) in [5, 5.41) is 8.72.